The van der Waals surface area contributed by atoms with Crippen LogP contribution in [0.15, 0.2) is 88.8 Å². The van der Waals surface area contributed by atoms with Gasteiger partial charge < -0.3 is 14.8 Å². The van der Waals surface area contributed by atoms with E-state index in [2.05, 4.69) is 10.4 Å². The Balaban J connectivity index is 1.59. The number of nitro benzene ring substituents is 1. The quantitative estimate of drug-likeness (QED) is 0.0951. The predicted octanol–water partition coefficient (Wildman–Crippen LogP) is 6.84. The molecular formula is C35H32FN5O6. The first-order chi connectivity index (χ1) is 22.6. The maximum absolute atomic E-state index is 13.9. The van der Waals surface area contributed by atoms with Gasteiger partial charge in [-0.2, -0.15) is 9.78 Å². The van der Waals surface area contributed by atoms with Crippen LogP contribution >= 0.6 is 0 Å². The van der Waals surface area contributed by atoms with Crippen LogP contribution in [0.25, 0.3) is 22.3 Å². The fourth-order valence-corrected chi connectivity index (χ4v) is 5.04. The smallest absolute Gasteiger partial charge is 0.311 e. The molecule has 1 N–H and O–H groups in total. The molecule has 1 aromatic heterocycles. The molecule has 47 heavy (non-hydrogen) atoms. The molecule has 0 fully saturated rings. The predicted molar refractivity (Wildman–Crippen MR) is 178 cm³/mol. The molecule has 0 aliphatic rings. The van der Waals surface area contributed by atoms with Crippen molar-refractivity contribution in [3.8, 4) is 22.9 Å². The van der Waals surface area contributed by atoms with Gasteiger partial charge >= 0.3 is 5.69 Å². The van der Waals surface area contributed by atoms with E-state index in [-0.39, 0.29) is 28.7 Å². The summed E-state index contributed by atoms with van der Waals surface area (Å²) < 4.78 is 26.2. The van der Waals surface area contributed by atoms with Crippen molar-refractivity contribution in [3.63, 3.8) is 0 Å². The standard InChI is InChI=1S/C35H32FN5O6/c1-5-46-31-16-22(4)28(18-27(31)21(2)3)34-39-29-14-7-6-13-26(29)35(43)40(34)37-19-23-10-8-15-30(41(44)45)33(23)47-20-32(42)38-25-12-9-11-24(36)17-25/h6-19,21H,5,20H2,1-4H3,(H,38,42). The van der Waals surface area contributed by atoms with Crippen LogP contribution in [0, 0.1) is 22.9 Å². The van der Waals surface area contributed by atoms with Crippen molar-refractivity contribution in [2.24, 2.45) is 5.10 Å². The minimum absolute atomic E-state index is 0.0997. The van der Waals surface area contributed by atoms with Crippen LogP contribution in [0.1, 0.15) is 43.4 Å². The van der Waals surface area contributed by atoms with E-state index in [4.69, 9.17) is 14.5 Å². The number of carbonyl (C=O) groups is 1. The van der Waals surface area contributed by atoms with Gasteiger partial charge in [-0.15, -0.1) is 0 Å². The Bertz CT molecular complexity index is 2070. The normalized spacial score (nSPS) is 11.3. The Hall–Kier alpha value is -5.91. The summed E-state index contributed by atoms with van der Waals surface area (Å²) in [5.41, 5.74) is 2.32. The highest BCUT2D eigenvalue weighted by Gasteiger charge is 2.21. The van der Waals surface area contributed by atoms with Gasteiger partial charge in [0.15, 0.2) is 12.4 Å². The first-order valence-electron chi connectivity index (χ1n) is 14.9. The van der Waals surface area contributed by atoms with Crippen LogP contribution < -0.4 is 20.3 Å². The van der Waals surface area contributed by atoms with Crippen molar-refractivity contribution in [1.82, 2.24) is 9.66 Å². The van der Waals surface area contributed by atoms with Crippen molar-refractivity contribution < 1.29 is 23.6 Å². The minimum atomic E-state index is -0.666. The van der Waals surface area contributed by atoms with Gasteiger partial charge in [0.2, 0.25) is 5.75 Å². The van der Waals surface area contributed by atoms with E-state index in [1.807, 2.05) is 39.8 Å². The van der Waals surface area contributed by atoms with Crippen molar-refractivity contribution >= 4 is 34.4 Å². The van der Waals surface area contributed by atoms with Crippen LogP contribution in [-0.2, 0) is 4.79 Å². The average Bonchev–Trinajstić information content (AvgIpc) is 3.03. The zero-order valence-corrected chi connectivity index (χ0v) is 26.2. The molecule has 4 aromatic carbocycles. The van der Waals surface area contributed by atoms with Crippen molar-refractivity contribution in [1.29, 1.82) is 0 Å². The average molecular weight is 638 g/mol. The van der Waals surface area contributed by atoms with Gasteiger partial charge in [-0.1, -0.05) is 38.1 Å². The third kappa shape index (κ3) is 7.17. The molecule has 0 atom stereocenters. The maximum Gasteiger partial charge on any atom is 0.311 e. The highest BCUT2D eigenvalue weighted by Crippen LogP contribution is 2.35. The molecule has 0 unspecified atom stereocenters. The van der Waals surface area contributed by atoms with Crippen molar-refractivity contribution in [3.05, 3.63) is 122 Å². The van der Waals surface area contributed by atoms with E-state index >= 15 is 0 Å². The molecule has 1 amide bonds. The first-order valence-corrected chi connectivity index (χ1v) is 14.9. The molecule has 0 aliphatic heterocycles. The minimum Gasteiger partial charge on any atom is -0.494 e. The van der Waals surface area contributed by atoms with E-state index in [1.54, 1.807) is 24.3 Å². The highest BCUT2D eigenvalue weighted by molar-refractivity contribution is 5.92. The van der Waals surface area contributed by atoms with Crippen LogP contribution in [0.3, 0.4) is 0 Å². The molecule has 0 radical (unpaired) electrons. The second kappa shape index (κ2) is 14.0. The summed E-state index contributed by atoms with van der Waals surface area (Å²) in [4.78, 5) is 42.6. The Morgan fingerprint density at radius 3 is 2.57 bits per heavy atom. The van der Waals surface area contributed by atoms with Gasteiger partial charge in [-0.3, -0.25) is 19.7 Å². The number of amides is 1. The number of ether oxygens (including phenoxy) is 2. The fourth-order valence-electron chi connectivity index (χ4n) is 5.04. The molecule has 5 aromatic rings. The lowest BCUT2D eigenvalue weighted by Crippen LogP contribution is -2.21. The molecule has 11 nitrogen and oxygen atoms in total. The summed E-state index contributed by atoms with van der Waals surface area (Å²) in [5.74, 6) is -0.349. The zero-order chi connectivity index (χ0) is 33.7. The summed E-state index contributed by atoms with van der Waals surface area (Å²) in [7, 11) is 0. The molecule has 5 rings (SSSR count). The maximum atomic E-state index is 13.9. The number of para-hydroxylation sites is 2. The van der Waals surface area contributed by atoms with E-state index in [0.717, 1.165) is 27.6 Å². The van der Waals surface area contributed by atoms with Crippen LogP contribution in [0.2, 0.25) is 0 Å². The lowest BCUT2D eigenvalue weighted by molar-refractivity contribution is -0.385. The molecule has 240 valence electrons. The molecule has 0 aliphatic carbocycles. The Kier molecular flexibility index (Phi) is 9.69. The fraction of sp³-hybridized carbons (Fsp3) is 0.200. The topological polar surface area (TPSA) is 138 Å². The Morgan fingerprint density at radius 2 is 1.85 bits per heavy atom. The zero-order valence-electron chi connectivity index (χ0n) is 26.2. The number of nitrogens with one attached hydrogen (secondary N) is 1. The lowest BCUT2D eigenvalue weighted by Gasteiger charge is -2.18. The molecule has 0 bridgehead atoms. The SMILES string of the molecule is CCOc1cc(C)c(-c2nc3ccccc3c(=O)n2N=Cc2cccc([N+](=O)[O-])c2OCC(=O)Nc2cccc(F)c2)cc1C(C)C. The number of nitrogens with zero attached hydrogens (tertiary/aromatic N) is 4. The second-order valence-corrected chi connectivity index (χ2v) is 10.9. The number of anilines is 1. The molecule has 1 heterocycles. The van der Waals surface area contributed by atoms with Gasteiger partial charge in [-0.25, -0.2) is 9.37 Å². The summed E-state index contributed by atoms with van der Waals surface area (Å²) in [6, 6.07) is 20.2. The Morgan fingerprint density at radius 1 is 1.09 bits per heavy atom. The van der Waals surface area contributed by atoms with Gasteiger partial charge in [-0.05, 0) is 79.4 Å². The van der Waals surface area contributed by atoms with E-state index in [9.17, 15) is 24.1 Å². The number of aromatic nitrogens is 2. The second-order valence-electron chi connectivity index (χ2n) is 10.9. The number of nitro groups is 1. The number of aryl methyl sites for hydroxylation is 1. The summed E-state index contributed by atoms with van der Waals surface area (Å²) >= 11 is 0. The van der Waals surface area contributed by atoms with E-state index in [0.29, 0.717) is 23.1 Å². The number of rotatable bonds is 11. The number of hydrogen-bond donors (Lipinski definition) is 1. The van der Waals surface area contributed by atoms with Crippen LogP contribution in [-0.4, -0.2) is 39.9 Å². The molecular weight excluding hydrogens is 605 g/mol. The van der Waals surface area contributed by atoms with E-state index in [1.165, 1.54) is 42.6 Å². The monoisotopic (exact) mass is 637 g/mol. The molecule has 0 saturated heterocycles. The Labute approximate surface area is 269 Å². The summed E-state index contributed by atoms with van der Waals surface area (Å²) in [5, 5.41) is 19.2. The number of halogens is 1. The van der Waals surface area contributed by atoms with Crippen molar-refractivity contribution in [2.45, 2.75) is 33.6 Å². The van der Waals surface area contributed by atoms with Crippen molar-refractivity contribution in [2.75, 3.05) is 18.5 Å². The third-order valence-corrected chi connectivity index (χ3v) is 7.26. The van der Waals surface area contributed by atoms with Gasteiger partial charge in [0.05, 0.1) is 28.6 Å². The lowest BCUT2D eigenvalue weighted by atomic mass is 9.96. The molecule has 12 heteroatoms. The number of fused-ring (bicyclic) bond motifs is 1. The number of carbonyl (C=O) groups excluding carboxylic acids is 1. The van der Waals surface area contributed by atoms with E-state index < -0.39 is 34.5 Å². The highest BCUT2D eigenvalue weighted by atomic mass is 19.1. The summed E-state index contributed by atoms with van der Waals surface area (Å²) in [6.45, 7) is 7.75. The first kappa shape index (κ1) is 32.5. The van der Waals surface area contributed by atoms with Gasteiger partial charge in [0.1, 0.15) is 11.6 Å². The van der Waals surface area contributed by atoms with Crippen LogP contribution in [0.5, 0.6) is 11.5 Å². The van der Waals surface area contributed by atoms with Crippen LogP contribution in [0.4, 0.5) is 15.8 Å². The molecule has 0 saturated carbocycles. The van der Waals surface area contributed by atoms with Gasteiger partial charge in [0, 0.05) is 22.9 Å². The number of benzene rings is 4. The third-order valence-electron chi connectivity index (χ3n) is 7.26. The molecule has 0 spiro atoms. The number of hydrogen-bond acceptors (Lipinski definition) is 8. The summed E-state index contributed by atoms with van der Waals surface area (Å²) in [6.07, 6.45) is 1.25. The van der Waals surface area contributed by atoms with Gasteiger partial charge in [0.25, 0.3) is 11.5 Å². The largest absolute Gasteiger partial charge is 0.494 e.